The number of carbonyl (C=O) groups excluding carboxylic acids is 3. The molecule has 0 N–H and O–H groups in total. The smallest absolute Gasteiger partial charge is 0.364 e. The topological polar surface area (TPSA) is 73.8 Å². The summed E-state index contributed by atoms with van der Waals surface area (Å²) in [6, 6.07) is 4.52. The van der Waals surface area contributed by atoms with Crippen LogP contribution in [0.25, 0.3) is 0 Å². The highest BCUT2D eigenvalue weighted by Gasteiger charge is 2.41. The molecule has 1 aromatic carbocycles. The van der Waals surface area contributed by atoms with Gasteiger partial charge in [-0.15, -0.1) is 0 Å². The number of pyridine rings is 1. The molecule has 0 aliphatic carbocycles. The Bertz CT molecular complexity index is 1090. The average Bonchev–Trinajstić information content (AvgIpc) is 3.12. The fourth-order valence-electron chi connectivity index (χ4n) is 3.84. The van der Waals surface area contributed by atoms with Crippen LogP contribution in [0.4, 0.5) is 34.8 Å². The van der Waals surface area contributed by atoms with Gasteiger partial charge in [-0.2, -0.15) is 13.2 Å². The van der Waals surface area contributed by atoms with Crippen LogP contribution in [0.15, 0.2) is 30.3 Å². The molecule has 1 aliphatic rings. The van der Waals surface area contributed by atoms with Gasteiger partial charge >= 0.3 is 6.18 Å². The highest BCUT2D eigenvalue weighted by molar-refractivity contribution is 6.09. The molecule has 1 aromatic heterocycles. The van der Waals surface area contributed by atoms with Crippen molar-refractivity contribution in [2.75, 3.05) is 35.3 Å². The number of aldehydes is 1. The van der Waals surface area contributed by atoms with E-state index in [4.69, 9.17) is 0 Å². The van der Waals surface area contributed by atoms with Crippen molar-refractivity contribution in [3.8, 4) is 0 Å². The van der Waals surface area contributed by atoms with E-state index in [9.17, 15) is 31.9 Å². The minimum absolute atomic E-state index is 0.00404. The van der Waals surface area contributed by atoms with Gasteiger partial charge in [0, 0.05) is 26.2 Å². The van der Waals surface area contributed by atoms with Gasteiger partial charge < -0.3 is 14.6 Å². The highest BCUT2D eigenvalue weighted by atomic mass is 19.4. The van der Waals surface area contributed by atoms with Crippen molar-refractivity contribution in [1.82, 2.24) is 4.98 Å². The van der Waals surface area contributed by atoms with Crippen molar-refractivity contribution in [2.45, 2.75) is 32.0 Å². The molecule has 1 atom stereocenters. The third-order valence-electron chi connectivity index (χ3n) is 5.40. The molecular formula is C22H22F4N4O3. The van der Waals surface area contributed by atoms with Crippen molar-refractivity contribution in [3.05, 3.63) is 47.4 Å². The lowest BCUT2D eigenvalue weighted by molar-refractivity contribution is -0.137. The molecule has 1 fully saturated rings. The summed E-state index contributed by atoms with van der Waals surface area (Å²) in [6.45, 7) is 1.24. The van der Waals surface area contributed by atoms with Gasteiger partial charge in [0.05, 0.1) is 23.5 Å². The standard InChI is InChI=1S/C22H22F4N4O3/c1-13-11-14(22(24,25)26)12-18(27-13)30-17(7-8-19(30)32)21(33)29(3)16-6-4-5-15(23)20(16)28(2)9-10-31/h4-6,10-12,17H,7-9H2,1-3H3/t17-/m0/s1. The van der Waals surface area contributed by atoms with Gasteiger partial charge in [-0.05, 0) is 37.6 Å². The first-order chi connectivity index (χ1) is 15.5. The Kier molecular flexibility index (Phi) is 6.71. The second-order valence-electron chi connectivity index (χ2n) is 7.72. The third kappa shape index (κ3) is 4.81. The van der Waals surface area contributed by atoms with E-state index in [-0.39, 0.29) is 42.3 Å². The van der Waals surface area contributed by atoms with Crippen molar-refractivity contribution in [1.29, 1.82) is 0 Å². The lowest BCUT2D eigenvalue weighted by atomic mass is 10.1. The zero-order valence-electron chi connectivity index (χ0n) is 18.2. The third-order valence-corrected chi connectivity index (χ3v) is 5.40. The summed E-state index contributed by atoms with van der Waals surface area (Å²) in [5.41, 5.74) is -0.782. The molecule has 2 amide bonds. The monoisotopic (exact) mass is 466 g/mol. The number of rotatable bonds is 6. The van der Waals surface area contributed by atoms with Gasteiger partial charge in [-0.25, -0.2) is 9.37 Å². The van der Waals surface area contributed by atoms with Crippen LogP contribution in [-0.2, 0) is 20.6 Å². The van der Waals surface area contributed by atoms with Gasteiger partial charge in [0.15, 0.2) is 0 Å². The minimum atomic E-state index is -4.65. The van der Waals surface area contributed by atoms with Crippen LogP contribution in [0, 0.1) is 12.7 Å². The lowest BCUT2D eigenvalue weighted by Crippen LogP contribution is -2.46. The number of nitrogens with zero attached hydrogens (tertiary/aromatic N) is 4. The summed E-state index contributed by atoms with van der Waals surface area (Å²) < 4.78 is 54.4. The Morgan fingerprint density at radius 2 is 1.97 bits per heavy atom. The van der Waals surface area contributed by atoms with E-state index < -0.39 is 35.4 Å². The van der Waals surface area contributed by atoms with Crippen molar-refractivity contribution in [3.63, 3.8) is 0 Å². The minimum Gasteiger partial charge on any atom is -0.364 e. The van der Waals surface area contributed by atoms with E-state index in [1.54, 1.807) is 0 Å². The fourth-order valence-corrected chi connectivity index (χ4v) is 3.84. The SMILES string of the molecule is Cc1cc(C(F)(F)F)cc(N2C(=O)CC[C@H]2C(=O)N(C)c2cccc(F)c2N(C)CC=O)n1. The predicted octanol–water partition coefficient (Wildman–Crippen LogP) is 3.34. The zero-order chi connectivity index (χ0) is 24.5. The molecule has 3 rings (SSSR count). The van der Waals surface area contributed by atoms with E-state index in [0.717, 1.165) is 21.9 Å². The fraction of sp³-hybridized carbons (Fsp3) is 0.364. The number of hydrogen-bond acceptors (Lipinski definition) is 5. The molecule has 0 saturated carbocycles. The number of amides is 2. The molecule has 0 radical (unpaired) electrons. The second-order valence-corrected chi connectivity index (χ2v) is 7.72. The first-order valence-corrected chi connectivity index (χ1v) is 10.0. The van der Waals surface area contributed by atoms with Crippen LogP contribution < -0.4 is 14.7 Å². The maximum atomic E-state index is 14.6. The second kappa shape index (κ2) is 9.16. The van der Waals surface area contributed by atoms with E-state index in [1.807, 2.05) is 0 Å². The summed E-state index contributed by atoms with van der Waals surface area (Å²) in [4.78, 5) is 44.3. The van der Waals surface area contributed by atoms with E-state index in [2.05, 4.69) is 4.98 Å². The van der Waals surface area contributed by atoms with Gasteiger partial charge in [0.1, 0.15) is 24.0 Å². The van der Waals surface area contributed by atoms with Crippen molar-refractivity contribution < 1.29 is 31.9 Å². The number of hydrogen-bond donors (Lipinski definition) is 0. The van der Waals surface area contributed by atoms with Crippen LogP contribution >= 0.6 is 0 Å². The number of benzene rings is 1. The van der Waals surface area contributed by atoms with E-state index in [1.165, 1.54) is 44.1 Å². The molecule has 0 spiro atoms. The molecule has 1 saturated heterocycles. The number of aryl methyl sites for hydroxylation is 1. The van der Waals surface area contributed by atoms with Crippen LogP contribution in [0.3, 0.4) is 0 Å². The van der Waals surface area contributed by atoms with Crippen molar-refractivity contribution >= 4 is 35.3 Å². The predicted molar refractivity (Wildman–Crippen MR) is 114 cm³/mol. The van der Waals surface area contributed by atoms with Crippen LogP contribution in [0.1, 0.15) is 24.1 Å². The van der Waals surface area contributed by atoms with Gasteiger partial charge in [0.25, 0.3) is 0 Å². The first kappa shape index (κ1) is 24.1. The maximum Gasteiger partial charge on any atom is 0.416 e. The number of carbonyl (C=O) groups is 3. The molecule has 11 heteroatoms. The van der Waals surface area contributed by atoms with Crippen LogP contribution in [0.2, 0.25) is 0 Å². The summed E-state index contributed by atoms with van der Waals surface area (Å²) >= 11 is 0. The molecule has 7 nitrogen and oxygen atoms in total. The van der Waals surface area contributed by atoms with Gasteiger partial charge in [-0.3, -0.25) is 14.5 Å². The molecule has 0 unspecified atom stereocenters. The molecule has 33 heavy (non-hydrogen) atoms. The largest absolute Gasteiger partial charge is 0.416 e. The number of anilines is 3. The Morgan fingerprint density at radius 1 is 1.27 bits per heavy atom. The average molecular weight is 466 g/mol. The van der Waals surface area contributed by atoms with E-state index >= 15 is 0 Å². The normalized spacial score (nSPS) is 16.2. The molecule has 0 bridgehead atoms. The first-order valence-electron chi connectivity index (χ1n) is 10.0. The molecule has 2 aromatic rings. The van der Waals surface area contributed by atoms with E-state index in [0.29, 0.717) is 6.29 Å². The Morgan fingerprint density at radius 3 is 2.61 bits per heavy atom. The summed E-state index contributed by atoms with van der Waals surface area (Å²) in [5, 5.41) is 0. The lowest BCUT2D eigenvalue weighted by Gasteiger charge is -2.30. The number of aromatic nitrogens is 1. The molecular weight excluding hydrogens is 444 g/mol. The highest BCUT2D eigenvalue weighted by Crippen LogP contribution is 2.36. The maximum absolute atomic E-state index is 14.6. The molecule has 176 valence electrons. The Labute approximate surface area is 187 Å². The van der Waals surface area contributed by atoms with Gasteiger partial charge in [-0.1, -0.05) is 6.07 Å². The Balaban J connectivity index is 2.00. The molecule has 2 heterocycles. The van der Waals surface area contributed by atoms with Crippen LogP contribution in [-0.4, -0.2) is 49.8 Å². The van der Waals surface area contributed by atoms with Crippen LogP contribution in [0.5, 0.6) is 0 Å². The number of likely N-dealkylation sites (N-methyl/N-ethyl adjacent to an activating group) is 2. The quantitative estimate of drug-likeness (QED) is 0.482. The summed E-state index contributed by atoms with van der Waals surface area (Å²) in [7, 11) is 2.86. The number of alkyl halides is 3. The number of para-hydroxylation sites is 1. The Hall–Kier alpha value is -3.50. The van der Waals surface area contributed by atoms with Gasteiger partial charge in [0.2, 0.25) is 11.8 Å². The number of halogens is 4. The summed E-state index contributed by atoms with van der Waals surface area (Å²) in [5.74, 6) is -2.09. The zero-order valence-corrected chi connectivity index (χ0v) is 18.2. The summed E-state index contributed by atoms with van der Waals surface area (Å²) in [6.07, 6.45) is -4.06. The van der Waals surface area contributed by atoms with Crippen molar-refractivity contribution in [2.24, 2.45) is 0 Å². The molecule has 1 aliphatic heterocycles.